The Morgan fingerprint density at radius 1 is 0.867 bits per heavy atom. The van der Waals surface area contributed by atoms with E-state index in [-0.39, 0.29) is 0 Å². The maximum atomic E-state index is 10.6. The quantitative estimate of drug-likeness (QED) is 0.590. The highest BCUT2D eigenvalue weighted by atomic mass is 19.4. The lowest BCUT2D eigenvalue weighted by atomic mass is 10.5. The molecule has 0 amide bonds. The van der Waals surface area contributed by atoms with Crippen LogP contribution in [0.1, 0.15) is 0 Å². The highest BCUT2D eigenvalue weighted by molar-refractivity contribution is 5.89. The first-order valence-electron chi connectivity index (χ1n) is 3.01. The molecular weight excluding hydrogens is 225 g/mol. The molecule has 0 saturated carbocycles. The van der Waals surface area contributed by atoms with Gasteiger partial charge in [0.25, 0.3) is 0 Å². The zero-order valence-corrected chi connectivity index (χ0v) is 6.85. The molecule has 9 heteroatoms. The Hall–Kier alpha value is -2.06. The maximum Gasteiger partial charge on any atom is 0.490 e. The van der Waals surface area contributed by atoms with Gasteiger partial charge in [-0.2, -0.15) is 13.2 Å². The predicted molar refractivity (Wildman–Crippen MR) is 38.1 cm³/mol. The average Bonchev–Trinajstić information content (AvgIpc) is 2.00. The van der Waals surface area contributed by atoms with Crippen molar-refractivity contribution < 1.29 is 42.9 Å². The molecule has 0 heterocycles. The van der Waals surface area contributed by atoms with E-state index >= 15 is 0 Å². The lowest BCUT2D eigenvalue weighted by Crippen LogP contribution is -2.21. The number of aliphatic carboxylic acids is 3. The third kappa shape index (κ3) is 14.8. The molecule has 86 valence electrons. The predicted octanol–water partition coefficient (Wildman–Crippen LogP) is 0.345. The van der Waals surface area contributed by atoms with E-state index in [4.69, 9.17) is 20.1 Å². The lowest BCUT2D eigenvalue weighted by molar-refractivity contribution is -0.192. The molecule has 0 radical (unpaired) electrons. The van der Waals surface area contributed by atoms with Gasteiger partial charge in [-0.1, -0.05) is 0 Å². The summed E-state index contributed by atoms with van der Waals surface area (Å²) < 4.78 is 31.7. The van der Waals surface area contributed by atoms with Crippen LogP contribution in [0.15, 0.2) is 12.2 Å². The average molecular weight is 230 g/mol. The molecule has 0 aliphatic carbocycles. The molecule has 0 atom stereocenters. The van der Waals surface area contributed by atoms with E-state index in [0.29, 0.717) is 12.2 Å². The van der Waals surface area contributed by atoms with Crippen LogP contribution in [0.3, 0.4) is 0 Å². The molecule has 0 fully saturated rings. The first-order chi connectivity index (χ1) is 6.57. The SMILES string of the molecule is O=C(O)/C=C/C(=O)O.O=C(O)C(F)(F)F. The highest BCUT2D eigenvalue weighted by Crippen LogP contribution is 2.13. The number of carboxylic acids is 3. The second-order valence-corrected chi connectivity index (χ2v) is 1.81. The molecular formula is C6H5F3O6. The Kier molecular flexibility index (Phi) is 6.58. The van der Waals surface area contributed by atoms with Gasteiger partial charge in [0.2, 0.25) is 0 Å². The number of carbonyl (C=O) groups is 3. The van der Waals surface area contributed by atoms with Crippen molar-refractivity contribution in [2.45, 2.75) is 6.18 Å². The summed E-state index contributed by atoms with van der Waals surface area (Å²) in [6, 6.07) is 0. The summed E-state index contributed by atoms with van der Waals surface area (Å²) in [6.45, 7) is 0. The van der Waals surface area contributed by atoms with Crippen LogP contribution in [0.25, 0.3) is 0 Å². The van der Waals surface area contributed by atoms with Crippen LogP contribution in [0.2, 0.25) is 0 Å². The fourth-order valence-corrected chi connectivity index (χ4v) is 0.143. The summed E-state index contributed by atoms with van der Waals surface area (Å²) in [5, 5.41) is 22.7. The maximum absolute atomic E-state index is 10.6. The van der Waals surface area contributed by atoms with Crippen LogP contribution >= 0.6 is 0 Å². The van der Waals surface area contributed by atoms with E-state index in [0.717, 1.165) is 0 Å². The molecule has 0 aliphatic rings. The summed E-state index contributed by atoms with van der Waals surface area (Å²) in [5.74, 6) is -5.27. The number of carboxylic acid groups (broad SMARTS) is 3. The van der Waals surface area contributed by atoms with Gasteiger partial charge in [0.1, 0.15) is 0 Å². The zero-order chi connectivity index (χ0) is 12.6. The van der Waals surface area contributed by atoms with E-state index in [1.807, 2.05) is 0 Å². The molecule has 15 heavy (non-hydrogen) atoms. The van der Waals surface area contributed by atoms with Crippen LogP contribution in [-0.4, -0.2) is 39.4 Å². The standard InChI is InChI=1S/C4H4O4.C2HF3O2/c5-3(6)1-2-4(7)8;3-2(4,5)1(6)7/h1-2H,(H,5,6)(H,7,8);(H,6,7)/b2-1+;. The number of halogens is 3. The monoisotopic (exact) mass is 230 g/mol. The molecule has 0 aromatic rings. The van der Waals surface area contributed by atoms with Gasteiger partial charge in [-0.3, -0.25) is 0 Å². The molecule has 0 rings (SSSR count). The number of rotatable bonds is 2. The minimum absolute atomic E-state index is 0.558. The Labute approximate surface area is 80.2 Å². The molecule has 0 spiro atoms. The van der Waals surface area contributed by atoms with Crippen molar-refractivity contribution in [3.8, 4) is 0 Å². The highest BCUT2D eigenvalue weighted by Gasteiger charge is 2.38. The zero-order valence-electron chi connectivity index (χ0n) is 6.85. The van der Waals surface area contributed by atoms with Gasteiger partial charge in [0.05, 0.1) is 0 Å². The number of hydrogen-bond acceptors (Lipinski definition) is 3. The normalized spacial score (nSPS) is 10.3. The Bertz CT molecular complexity index is 263. The van der Waals surface area contributed by atoms with Gasteiger partial charge in [0, 0.05) is 12.2 Å². The Morgan fingerprint density at radius 3 is 1.13 bits per heavy atom. The fraction of sp³-hybridized carbons (Fsp3) is 0.167. The van der Waals surface area contributed by atoms with Gasteiger partial charge in [-0.05, 0) is 0 Å². The molecule has 0 aliphatic heterocycles. The van der Waals surface area contributed by atoms with Crippen molar-refractivity contribution in [2.24, 2.45) is 0 Å². The molecule has 0 aromatic heterocycles. The van der Waals surface area contributed by atoms with Gasteiger partial charge in [-0.15, -0.1) is 0 Å². The topological polar surface area (TPSA) is 112 Å². The van der Waals surface area contributed by atoms with Crippen LogP contribution in [0.5, 0.6) is 0 Å². The van der Waals surface area contributed by atoms with Crippen molar-refractivity contribution >= 4 is 17.9 Å². The second-order valence-electron chi connectivity index (χ2n) is 1.81. The van der Waals surface area contributed by atoms with E-state index in [1.165, 1.54) is 0 Å². The van der Waals surface area contributed by atoms with Crippen molar-refractivity contribution in [3.05, 3.63) is 12.2 Å². The fourth-order valence-electron chi connectivity index (χ4n) is 0.143. The van der Waals surface area contributed by atoms with Crippen LogP contribution < -0.4 is 0 Å². The lowest BCUT2D eigenvalue weighted by Gasteiger charge is -1.93. The second kappa shape index (κ2) is 6.40. The first kappa shape index (κ1) is 15.4. The summed E-state index contributed by atoms with van der Waals surface area (Å²) in [5.41, 5.74) is 0. The van der Waals surface area contributed by atoms with Gasteiger partial charge >= 0.3 is 24.1 Å². The molecule has 0 aromatic carbocycles. The van der Waals surface area contributed by atoms with Crippen molar-refractivity contribution in [2.75, 3.05) is 0 Å². The number of alkyl halides is 3. The molecule has 6 nitrogen and oxygen atoms in total. The summed E-state index contributed by atoms with van der Waals surface area (Å²) in [7, 11) is 0. The van der Waals surface area contributed by atoms with Crippen molar-refractivity contribution in [3.63, 3.8) is 0 Å². The van der Waals surface area contributed by atoms with Gasteiger partial charge < -0.3 is 15.3 Å². The molecule has 0 bridgehead atoms. The Balaban J connectivity index is 0. The van der Waals surface area contributed by atoms with Gasteiger partial charge in [0.15, 0.2) is 0 Å². The molecule has 0 saturated heterocycles. The minimum Gasteiger partial charge on any atom is -0.478 e. The summed E-state index contributed by atoms with van der Waals surface area (Å²) in [6.07, 6.45) is -3.97. The van der Waals surface area contributed by atoms with Crippen LogP contribution in [-0.2, 0) is 14.4 Å². The van der Waals surface area contributed by atoms with Crippen molar-refractivity contribution in [1.82, 2.24) is 0 Å². The third-order valence-electron chi connectivity index (χ3n) is 0.611. The van der Waals surface area contributed by atoms with Crippen LogP contribution in [0, 0.1) is 0 Å². The minimum atomic E-state index is -5.08. The van der Waals surface area contributed by atoms with E-state index < -0.39 is 24.1 Å². The largest absolute Gasteiger partial charge is 0.490 e. The first-order valence-corrected chi connectivity index (χ1v) is 3.01. The summed E-state index contributed by atoms with van der Waals surface area (Å²) in [4.78, 5) is 28.0. The van der Waals surface area contributed by atoms with E-state index in [2.05, 4.69) is 0 Å². The van der Waals surface area contributed by atoms with E-state index in [1.54, 1.807) is 0 Å². The summed E-state index contributed by atoms with van der Waals surface area (Å²) >= 11 is 0. The van der Waals surface area contributed by atoms with Crippen molar-refractivity contribution in [1.29, 1.82) is 0 Å². The Morgan fingerprint density at radius 2 is 1.07 bits per heavy atom. The molecule has 0 unspecified atom stereocenters. The smallest absolute Gasteiger partial charge is 0.478 e. The van der Waals surface area contributed by atoms with Gasteiger partial charge in [-0.25, -0.2) is 14.4 Å². The number of hydrogen-bond donors (Lipinski definition) is 3. The third-order valence-corrected chi connectivity index (χ3v) is 0.611. The molecule has 3 N–H and O–H groups in total. The van der Waals surface area contributed by atoms with Crippen LogP contribution in [0.4, 0.5) is 13.2 Å². The van der Waals surface area contributed by atoms with E-state index in [9.17, 15) is 22.8 Å².